The van der Waals surface area contributed by atoms with E-state index in [-0.39, 0.29) is 0 Å². The smallest absolute Gasteiger partial charge is 0.133 e. The second-order valence-corrected chi connectivity index (χ2v) is 5.13. The molecule has 0 unspecified atom stereocenters. The van der Waals surface area contributed by atoms with Gasteiger partial charge in [0.25, 0.3) is 0 Å². The number of benzene rings is 1. The zero-order chi connectivity index (χ0) is 12.0. The molecule has 82 valence electrons. The molecule has 0 bridgehead atoms. The van der Waals surface area contributed by atoms with Crippen molar-refractivity contribution in [3.8, 4) is 10.8 Å². The molecule has 0 amide bonds. The summed E-state index contributed by atoms with van der Waals surface area (Å²) in [4.78, 5) is 0. The number of nitrogens with zero attached hydrogens (tertiary/aromatic N) is 2. The van der Waals surface area contributed by atoms with Crippen LogP contribution in [0.2, 0.25) is 10.0 Å². The summed E-state index contributed by atoms with van der Waals surface area (Å²) in [5, 5.41) is 22.0. The first-order chi connectivity index (χ1) is 7.69. The number of hydrogen-bond donors (Lipinski definition) is 0. The molecule has 0 spiro atoms. The molecule has 0 heterocycles. The van der Waals surface area contributed by atoms with Crippen LogP contribution in [0.1, 0.15) is 11.1 Å². The van der Waals surface area contributed by atoms with Crippen LogP contribution < -0.4 is 0 Å². The Morgan fingerprint density at radius 1 is 0.938 bits per heavy atom. The van der Waals surface area contributed by atoms with E-state index in [1.165, 1.54) is 0 Å². The Balaban J connectivity index is 2.90. The minimum absolute atomic E-state index is 0.515. The molecule has 0 aliphatic carbocycles. The molecule has 6 heteroatoms. The van der Waals surface area contributed by atoms with Gasteiger partial charge in [-0.3, -0.25) is 0 Å². The number of rotatable bonds is 4. The van der Waals surface area contributed by atoms with Crippen LogP contribution in [-0.4, -0.2) is 0 Å². The van der Waals surface area contributed by atoms with Crippen molar-refractivity contribution in [3.05, 3.63) is 33.3 Å². The fourth-order valence-corrected chi connectivity index (χ4v) is 2.65. The second kappa shape index (κ2) is 6.93. The lowest BCUT2D eigenvalue weighted by Crippen LogP contribution is -1.88. The van der Waals surface area contributed by atoms with Crippen LogP contribution in [0.15, 0.2) is 12.1 Å². The van der Waals surface area contributed by atoms with Crippen LogP contribution >= 0.6 is 46.7 Å². The molecule has 2 nitrogen and oxygen atoms in total. The van der Waals surface area contributed by atoms with E-state index in [0.29, 0.717) is 21.6 Å². The van der Waals surface area contributed by atoms with Gasteiger partial charge in [0, 0.05) is 21.6 Å². The summed E-state index contributed by atoms with van der Waals surface area (Å²) in [6.45, 7) is 0. The van der Waals surface area contributed by atoms with Crippen LogP contribution in [0, 0.1) is 21.3 Å². The van der Waals surface area contributed by atoms with Crippen molar-refractivity contribution in [2.45, 2.75) is 11.5 Å². The predicted octanol–water partition coefficient (Wildman–Crippen LogP) is 4.42. The Hall–Kier alpha value is -0.520. The standard InChI is InChI=1S/C10H6Cl2N2S2/c11-9-1-7(3-15-5-13)10(12)2-8(9)4-16-6-14/h1-2H,3-4H2. The molecule has 0 fully saturated rings. The predicted molar refractivity (Wildman–Crippen MR) is 70.3 cm³/mol. The van der Waals surface area contributed by atoms with Gasteiger partial charge in [0.2, 0.25) is 0 Å². The zero-order valence-electron chi connectivity index (χ0n) is 8.04. The van der Waals surface area contributed by atoms with Gasteiger partial charge in [-0.05, 0) is 46.8 Å². The van der Waals surface area contributed by atoms with Crippen LogP contribution in [0.5, 0.6) is 0 Å². The van der Waals surface area contributed by atoms with E-state index in [2.05, 4.69) is 0 Å². The molecule has 0 aromatic heterocycles. The molecular weight excluding hydrogens is 283 g/mol. The van der Waals surface area contributed by atoms with E-state index in [9.17, 15) is 0 Å². The Kier molecular flexibility index (Phi) is 5.87. The molecule has 1 aromatic carbocycles. The van der Waals surface area contributed by atoms with Crippen molar-refractivity contribution >= 4 is 46.7 Å². The maximum Gasteiger partial charge on any atom is 0.133 e. The summed E-state index contributed by atoms with van der Waals surface area (Å²) >= 11 is 14.3. The van der Waals surface area contributed by atoms with Gasteiger partial charge in [-0.15, -0.1) is 0 Å². The number of thioether (sulfide) groups is 2. The van der Waals surface area contributed by atoms with E-state index in [1.807, 2.05) is 10.8 Å². The Bertz CT molecular complexity index is 419. The molecule has 0 saturated heterocycles. The summed E-state index contributed by atoms with van der Waals surface area (Å²) in [5.74, 6) is 1.03. The van der Waals surface area contributed by atoms with Crippen molar-refractivity contribution in [3.63, 3.8) is 0 Å². The number of thiocyanates is 2. The molecule has 1 rings (SSSR count). The van der Waals surface area contributed by atoms with Crippen LogP contribution in [0.25, 0.3) is 0 Å². The van der Waals surface area contributed by atoms with Crippen molar-refractivity contribution in [1.29, 1.82) is 10.5 Å². The highest BCUT2D eigenvalue weighted by Crippen LogP contribution is 2.29. The van der Waals surface area contributed by atoms with Crippen molar-refractivity contribution in [1.82, 2.24) is 0 Å². The molecule has 16 heavy (non-hydrogen) atoms. The highest BCUT2D eigenvalue weighted by atomic mass is 35.5. The van der Waals surface area contributed by atoms with Gasteiger partial charge in [-0.2, -0.15) is 10.5 Å². The van der Waals surface area contributed by atoms with Gasteiger partial charge < -0.3 is 0 Å². The molecule has 0 saturated carbocycles. The van der Waals surface area contributed by atoms with Gasteiger partial charge in [-0.1, -0.05) is 23.2 Å². The zero-order valence-corrected chi connectivity index (χ0v) is 11.2. The maximum atomic E-state index is 8.46. The largest absolute Gasteiger partial charge is 0.185 e. The highest BCUT2D eigenvalue weighted by Gasteiger charge is 2.07. The molecule has 0 atom stereocenters. The second-order valence-electron chi connectivity index (χ2n) is 2.79. The molecule has 0 aliphatic heterocycles. The topological polar surface area (TPSA) is 47.6 Å². The van der Waals surface area contributed by atoms with Crippen molar-refractivity contribution in [2.75, 3.05) is 0 Å². The highest BCUT2D eigenvalue weighted by molar-refractivity contribution is 8.03. The van der Waals surface area contributed by atoms with Gasteiger partial charge >= 0.3 is 0 Å². The van der Waals surface area contributed by atoms with Crippen LogP contribution in [-0.2, 0) is 11.5 Å². The maximum absolute atomic E-state index is 8.46. The van der Waals surface area contributed by atoms with Gasteiger partial charge in [-0.25, -0.2) is 0 Å². The minimum atomic E-state index is 0.515. The van der Waals surface area contributed by atoms with Crippen LogP contribution in [0.3, 0.4) is 0 Å². The van der Waals surface area contributed by atoms with Gasteiger partial charge in [0.05, 0.1) is 0 Å². The number of halogens is 2. The summed E-state index contributed by atoms with van der Waals surface area (Å²) in [6, 6.07) is 3.50. The fourth-order valence-electron chi connectivity index (χ4n) is 1.07. The molecular formula is C10H6Cl2N2S2. The van der Waals surface area contributed by atoms with E-state index in [4.69, 9.17) is 33.7 Å². The lowest BCUT2D eigenvalue weighted by atomic mass is 10.2. The molecule has 0 radical (unpaired) electrons. The quantitative estimate of drug-likeness (QED) is 0.770. The average Bonchev–Trinajstić information content (AvgIpc) is 2.28. The summed E-state index contributed by atoms with van der Waals surface area (Å²) in [5.41, 5.74) is 1.67. The first-order valence-corrected chi connectivity index (χ1v) is 6.90. The SMILES string of the molecule is N#CSCc1cc(Cl)c(CSC#N)cc1Cl. The Morgan fingerprint density at radius 2 is 1.31 bits per heavy atom. The van der Waals surface area contributed by atoms with Gasteiger partial charge in [0.15, 0.2) is 0 Å². The monoisotopic (exact) mass is 288 g/mol. The van der Waals surface area contributed by atoms with E-state index in [1.54, 1.807) is 12.1 Å². The molecule has 0 aliphatic rings. The van der Waals surface area contributed by atoms with Gasteiger partial charge in [0.1, 0.15) is 10.8 Å². The normalized spacial score (nSPS) is 9.50. The summed E-state index contributed by atoms with van der Waals surface area (Å²) in [7, 11) is 0. The van der Waals surface area contributed by atoms with Crippen LogP contribution in [0.4, 0.5) is 0 Å². The first kappa shape index (κ1) is 13.5. The fraction of sp³-hybridized carbons (Fsp3) is 0.200. The van der Waals surface area contributed by atoms with Crippen molar-refractivity contribution in [2.24, 2.45) is 0 Å². The molecule has 1 aromatic rings. The Labute approximate surface area is 113 Å². The Morgan fingerprint density at radius 3 is 1.62 bits per heavy atom. The lowest BCUT2D eigenvalue weighted by molar-refractivity contribution is 1.35. The first-order valence-electron chi connectivity index (χ1n) is 4.17. The van der Waals surface area contributed by atoms with E-state index < -0.39 is 0 Å². The third kappa shape index (κ3) is 3.81. The minimum Gasteiger partial charge on any atom is -0.185 e. The van der Waals surface area contributed by atoms with E-state index in [0.717, 1.165) is 34.7 Å². The molecule has 0 N–H and O–H groups in total. The van der Waals surface area contributed by atoms with Crippen molar-refractivity contribution < 1.29 is 0 Å². The number of hydrogen-bond acceptors (Lipinski definition) is 4. The number of nitriles is 2. The third-order valence-electron chi connectivity index (χ3n) is 1.80. The lowest BCUT2D eigenvalue weighted by Gasteiger charge is -2.06. The summed E-state index contributed by atoms with van der Waals surface area (Å²) in [6.07, 6.45) is 0. The van der Waals surface area contributed by atoms with E-state index >= 15 is 0 Å². The summed E-state index contributed by atoms with van der Waals surface area (Å²) < 4.78 is 0. The average molecular weight is 289 g/mol. The third-order valence-corrected chi connectivity index (χ3v) is 3.67.